The van der Waals surface area contributed by atoms with Crippen LogP contribution in [0.4, 0.5) is 13.2 Å². The molecule has 1 saturated heterocycles. The van der Waals surface area contributed by atoms with Gasteiger partial charge in [0, 0.05) is 18.6 Å². The van der Waals surface area contributed by atoms with Gasteiger partial charge in [-0.25, -0.2) is 0 Å². The maximum Gasteiger partial charge on any atom is 0.390 e. The van der Waals surface area contributed by atoms with E-state index in [1.54, 1.807) is 6.92 Å². The van der Waals surface area contributed by atoms with Gasteiger partial charge in [-0.05, 0) is 32.9 Å². The van der Waals surface area contributed by atoms with Crippen LogP contribution in [0, 0.1) is 5.92 Å². The summed E-state index contributed by atoms with van der Waals surface area (Å²) in [6.07, 6.45) is -3.83. The molecule has 0 bridgehead atoms. The normalized spacial score (nSPS) is 30.4. The third-order valence-corrected chi connectivity index (χ3v) is 3.46. The fourth-order valence-corrected chi connectivity index (χ4v) is 2.47. The summed E-state index contributed by atoms with van der Waals surface area (Å²) in [4.78, 5) is 1.95. The number of alkyl halides is 3. The molecule has 1 N–H and O–H groups in total. The summed E-state index contributed by atoms with van der Waals surface area (Å²) in [7, 11) is 1.91. The van der Waals surface area contributed by atoms with Crippen LogP contribution in [0.1, 0.15) is 26.7 Å². The highest BCUT2D eigenvalue weighted by atomic mass is 19.4. The molecule has 0 amide bonds. The van der Waals surface area contributed by atoms with Crippen molar-refractivity contribution in [1.82, 2.24) is 10.2 Å². The van der Waals surface area contributed by atoms with Gasteiger partial charge in [0.05, 0.1) is 6.42 Å². The van der Waals surface area contributed by atoms with Gasteiger partial charge < -0.3 is 5.32 Å². The molecule has 0 aliphatic carbocycles. The summed E-state index contributed by atoms with van der Waals surface area (Å²) in [5, 5.41) is 3.21. The van der Waals surface area contributed by atoms with Gasteiger partial charge in [-0.2, -0.15) is 13.2 Å². The van der Waals surface area contributed by atoms with Crippen LogP contribution in [-0.4, -0.2) is 43.3 Å². The Morgan fingerprint density at radius 1 is 1.44 bits per heavy atom. The molecule has 0 aromatic carbocycles. The predicted octanol–water partition coefficient (Wildman–Crippen LogP) is 2.26. The van der Waals surface area contributed by atoms with Crippen molar-refractivity contribution in [1.29, 1.82) is 0 Å². The second-order valence-electron chi connectivity index (χ2n) is 4.82. The summed E-state index contributed by atoms with van der Waals surface area (Å²) in [6.45, 7) is 5.27. The maximum atomic E-state index is 12.3. The molecule has 1 fully saturated rings. The van der Waals surface area contributed by atoms with Crippen LogP contribution < -0.4 is 5.32 Å². The van der Waals surface area contributed by atoms with Crippen LogP contribution in [0.15, 0.2) is 0 Å². The Morgan fingerprint density at radius 2 is 2.06 bits per heavy atom. The first-order valence-electron chi connectivity index (χ1n) is 5.81. The van der Waals surface area contributed by atoms with Gasteiger partial charge in [-0.3, -0.25) is 4.90 Å². The standard InChI is InChI=1S/C11H21F3N2/c1-8-7-16(5-4-10(8)15-3)9(2)6-11(12,13)14/h8-10,15H,4-7H2,1-3H3. The summed E-state index contributed by atoms with van der Waals surface area (Å²) in [6, 6.07) is 0.0367. The van der Waals surface area contributed by atoms with Crippen LogP contribution in [0.3, 0.4) is 0 Å². The number of hydrogen-bond acceptors (Lipinski definition) is 2. The smallest absolute Gasteiger partial charge is 0.317 e. The molecule has 0 spiro atoms. The zero-order chi connectivity index (χ0) is 12.3. The molecule has 0 radical (unpaired) electrons. The lowest BCUT2D eigenvalue weighted by molar-refractivity contribution is -0.147. The fourth-order valence-electron chi connectivity index (χ4n) is 2.47. The van der Waals surface area contributed by atoms with Crippen molar-refractivity contribution in [3.8, 4) is 0 Å². The second kappa shape index (κ2) is 5.36. The van der Waals surface area contributed by atoms with Crippen molar-refractivity contribution in [2.24, 2.45) is 5.92 Å². The van der Waals surface area contributed by atoms with E-state index in [2.05, 4.69) is 12.2 Å². The van der Waals surface area contributed by atoms with Crippen LogP contribution >= 0.6 is 0 Å². The van der Waals surface area contributed by atoms with Gasteiger partial charge in [0.2, 0.25) is 0 Å². The van der Waals surface area contributed by atoms with E-state index in [9.17, 15) is 13.2 Å². The molecule has 16 heavy (non-hydrogen) atoms. The lowest BCUT2D eigenvalue weighted by Crippen LogP contribution is -2.50. The highest BCUT2D eigenvalue weighted by Crippen LogP contribution is 2.26. The SMILES string of the molecule is CNC1CCN(C(C)CC(F)(F)F)CC1C. The van der Waals surface area contributed by atoms with Crippen molar-refractivity contribution in [2.45, 2.75) is 44.9 Å². The van der Waals surface area contributed by atoms with E-state index in [0.717, 1.165) is 19.5 Å². The van der Waals surface area contributed by atoms with Gasteiger partial charge in [0.1, 0.15) is 0 Å². The van der Waals surface area contributed by atoms with Crippen LogP contribution in [0.25, 0.3) is 0 Å². The summed E-state index contributed by atoms with van der Waals surface area (Å²) in [5.41, 5.74) is 0. The molecule has 3 atom stereocenters. The first-order chi connectivity index (χ1) is 7.33. The Labute approximate surface area is 95.2 Å². The Balaban J connectivity index is 2.45. The lowest BCUT2D eigenvalue weighted by Gasteiger charge is -2.40. The second-order valence-corrected chi connectivity index (χ2v) is 4.82. The minimum atomic E-state index is -4.05. The predicted molar refractivity (Wildman–Crippen MR) is 58.3 cm³/mol. The third kappa shape index (κ3) is 3.94. The van der Waals surface area contributed by atoms with E-state index >= 15 is 0 Å². The molecule has 1 aliphatic heterocycles. The zero-order valence-electron chi connectivity index (χ0n) is 10.1. The minimum absolute atomic E-state index is 0.403. The average Bonchev–Trinajstić information content (AvgIpc) is 2.15. The Hall–Kier alpha value is -0.290. The first-order valence-corrected chi connectivity index (χ1v) is 5.81. The van der Waals surface area contributed by atoms with Crippen molar-refractivity contribution in [2.75, 3.05) is 20.1 Å². The average molecular weight is 238 g/mol. The topological polar surface area (TPSA) is 15.3 Å². The van der Waals surface area contributed by atoms with E-state index in [-0.39, 0.29) is 0 Å². The van der Waals surface area contributed by atoms with Crippen molar-refractivity contribution >= 4 is 0 Å². The highest BCUT2D eigenvalue weighted by Gasteiger charge is 2.35. The van der Waals surface area contributed by atoms with E-state index in [1.165, 1.54) is 0 Å². The van der Waals surface area contributed by atoms with Crippen LogP contribution in [-0.2, 0) is 0 Å². The molecule has 2 nitrogen and oxygen atoms in total. The van der Waals surface area contributed by atoms with Crippen LogP contribution in [0.5, 0.6) is 0 Å². The number of nitrogens with one attached hydrogen (secondary N) is 1. The summed E-state index contributed by atoms with van der Waals surface area (Å²) < 4.78 is 36.8. The van der Waals surface area contributed by atoms with E-state index < -0.39 is 18.6 Å². The zero-order valence-corrected chi connectivity index (χ0v) is 10.1. The van der Waals surface area contributed by atoms with Gasteiger partial charge >= 0.3 is 6.18 Å². The number of hydrogen-bond donors (Lipinski definition) is 1. The molecule has 0 aromatic rings. The van der Waals surface area contributed by atoms with E-state index in [1.807, 2.05) is 11.9 Å². The number of likely N-dealkylation sites (tertiary alicyclic amines) is 1. The molecule has 0 saturated carbocycles. The monoisotopic (exact) mass is 238 g/mol. The lowest BCUT2D eigenvalue weighted by atomic mass is 9.92. The number of halogens is 3. The number of nitrogens with zero attached hydrogens (tertiary/aromatic N) is 1. The van der Waals surface area contributed by atoms with Gasteiger partial charge in [-0.1, -0.05) is 6.92 Å². The number of piperidine rings is 1. The number of rotatable bonds is 3. The molecule has 1 rings (SSSR count). The molecular weight excluding hydrogens is 217 g/mol. The van der Waals surface area contributed by atoms with Crippen LogP contribution in [0.2, 0.25) is 0 Å². The largest absolute Gasteiger partial charge is 0.390 e. The van der Waals surface area contributed by atoms with Crippen molar-refractivity contribution in [3.05, 3.63) is 0 Å². The van der Waals surface area contributed by atoms with Crippen molar-refractivity contribution < 1.29 is 13.2 Å². The highest BCUT2D eigenvalue weighted by molar-refractivity contribution is 4.84. The van der Waals surface area contributed by atoms with Gasteiger partial charge in [0.25, 0.3) is 0 Å². The fraction of sp³-hybridized carbons (Fsp3) is 1.00. The molecule has 5 heteroatoms. The molecule has 0 aromatic heterocycles. The maximum absolute atomic E-state index is 12.3. The summed E-state index contributed by atoms with van der Waals surface area (Å²) >= 11 is 0. The molecule has 3 unspecified atom stereocenters. The minimum Gasteiger partial charge on any atom is -0.317 e. The first kappa shape index (κ1) is 13.8. The van der Waals surface area contributed by atoms with E-state index in [4.69, 9.17) is 0 Å². The Kier molecular flexibility index (Phi) is 4.62. The van der Waals surface area contributed by atoms with E-state index in [0.29, 0.717) is 12.0 Å². The summed E-state index contributed by atoms with van der Waals surface area (Å²) in [5.74, 6) is 0.412. The molecule has 1 aliphatic rings. The van der Waals surface area contributed by atoms with Crippen molar-refractivity contribution in [3.63, 3.8) is 0 Å². The Bertz CT molecular complexity index is 218. The molecular formula is C11H21F3N2. The molecule has 96 valence electrons. The quantitative estimate of drug-likeness (QED) is 0.811. The third-order valence-electron chi connectivity index (χ3n) is 3.46. The Morgan fingerprint density at radius 3 is 2.50 bits per heavy atom. The molecule has 1 heterocycles. The van der Waals surface area contributed by atoms with Gasteiger partial charge in [0.15, 0.2) is 0 Å². The van der Waals surface area contributed by atoms with Gasteiger partial charge in [-0.15, -0.1) is 0 Å².